The molecular formula is C10H12ClNO3. The summed E-state index contributed by atoms with van der Waals surface area (Å²) in [5, 5.41) is 20.7. The highest BCUT2D eigenvalue weighted by Crippen LogP contribution is 2.20. The fourth-order valence-corrected chi connectivity index (χ4v) is 1.24. The van der Waals surface area contributed by atoms with Crippen molar-refractivity contribution in [1.82, 2.24) is 5.32 Å². The van der Waals surface area contributed by atoms with E-state index in [1.807, 2.05) is 0 Å². The maximum absolute atomic E-state index is 11.6. The number of phenols is 1. The second-order valence-electron chi connectivity index (χ2n) is 3.22. The third-order valence-electron chi connectivity index (χ3n) is 1.85. The molecule has 0 saturated heterocycles. The summed E-state index contributed by atoms with van der Waals surface area (Å²) in [6, 6.07) is 3.77. The minimum absolute atomic E-state index is 0.0267. The van der Waals surface area contributed by atoms with Gasteiger partial charge in [0.1, 0.15) is 5.75 Å². The van der Waals surface area contributed by atoms with Crippen LogP contribution >= 0.6 is 11.6 Å². The highest BCUT2D eigenvalue weighted by molar-refractivity contribution is 6.33. The minimum atomic E-state index is -0.419. The number of benzene rings is 1. The predicted molar refractivity (Wildman–Crippen MR) is 57.1 cm³/mol. The van der Waals surface area contributed by atoms with Crippen molar-refractivity contribution < 1.29 is 15.0 Å². The normalized spacial score (nSPS) is 12.2. The van der Waals surface area contributed by atoms with Crippen LogP contribution in [-0.2, 0) is 0 Å². The highest BCUT2D eigenvalue weighted by Gasteiger charge is 2.13. The number of hydrogen-bond donors (Lipinski definition) is 3. The van der Waals surface area contributed by atoms with Gasteiger partial charge in [0, 0.05) is 6.04 Å². The molecule has 15 heavy (non-hydrogen) atoms. The van der Waals surface area contributed by atoms with E-state index >= 15 is 0 Å². The summed E-state index contributed by atoms with van der Waals surface area (Å²) in [6.07, 6.45) is 0. The standard InChI is InChI=1S/C10H12ClNO3/c1-6(5-13)12-10(15)8-4-7(14)2-3-9(8)11/h2-4,6,13-14H,5H2,1H3,(H,12,15). The molecule has 0 heterocycles. The zero-order valence-electron chi connectivity index (χ0n) is 8.20. The Bertz CT molecular complexity index is 368. The van der Waals surface area contributed by atoms with E-state index in [4.69, 9.17) is 16.7 Å². The molecule has 0 radical (unpaired) electrons. The van der Waals surface area contributed by atoms with Gasteiger partial charge in [-0.2, -0.15) is 0 Å². The Hall–Kier alpha value is -1.26. The SMILES string of the molecule is CC(CO)NC(=O)c1cc(O)ccc1Cl. The molecule has 5 heteroatoms. The van der Waals surface area contributed by atoms with E-state index in [9.17, 15) is 9.90 Å². The molecule has 0 aliphatic carbocycles. The van der Waals surface area contributed by atoms with Gasteiger partial charge < -0.3 is 15.5 Å². The maximum atomic E-state index is 11.6. The van der Waals surface area contributed by atoms with Crippen molar-refractivity contribution in [2.45, 2.75) is 13.0 Å². The van der Waals surface area contributed by atoms with Crippen molar-refractivity contribution in [2.75, 3.05) is 6.61 Å². The van der Waals surface area contributed by atoms with Crippen LogP contribution in [0.4, 0.5) is 0 Å². The van der Waals surface area contributed by atoms with E-state index in [-0.39, 0.29) is 29.0 Å². The number of rotatable bonds is 3. The van der Waals surface area contributed by atoms with Gasteiger partial charge in [0.25, 0.3) is 5.91 Å². The molecule has 0 fully saturated rings. The van der Waals surface area contributed by atoms with Gasteiger partial charge in [-0.25, -0.2) is 0 Å². The van der Waals surface area contributed by atoms with Crippen molar-refractivity contribution in [3.63, 3.8) is 0 Å². The van der Waals surface area contributed by atoms with Crippen LogP contribution in [0.2, 0.25) is 5.02 Å². The highest BCUT2D eigenvalue weighted by atomic mass is 35.5. The summed E-state index contributed by atoms with van der Waals surface area (Å²) in [5.74, 6) is -0.446. The van der Waals surface area contributed by atoms with Gasteiger partial charge in [-0.1, -0.05) is 11.6 Å². The summed E-state index contributed by atoms with van der Waals surface area (Å²) in [7, 11) is 0. The van der Waals surface area contributed by atoms with Crippen LogP contribution in [0, 0.1) is 0 Å². The lowest BCUT2D eigenvalue weighted by molar-refractivity contribution is 0.0922. The fourth-order valence-electron chi connectivity index (χ4n) is 1.03. The predicted octanol–water partition coefficient (Wildman–Crippen LogP) is 1.16. The van der Waals surface area contributed by atoms with Gasteiger partial charge in [0.15, 0.2) is 0 Å². The Labute approximate surface area is 92.5 Å². The second-order valence-corrected chi connectivity index (χ2v) is 3.63. The van der Waals surface area contributed by atoms with Gasteiger partial charge in [-0.15, -0.1) is 0 Å². The third kappa shape index (κ3) is 3.11. The molecule has 1 atom stereocenters. The molecule has 1 unspecified atom stereocenters. The topological polar surface area (TPSA) is 69.6 Å². The molecule has 1 aromatic carbocycles. The number of carbonyl (C=O) groups excluding carboxylic acids is 1. The lowest BCUT2D eigenvalue weighted by Crippen LogP contribution is -2.35. The number of carbonyl (C=O) groups is 1. The Morgan fingerprint density at radius 1 is 1.60 bits per heavy atom. The van der Waals surface area contributed by atoms with Crippen LogP contribution in [0.25, 0.3) is 0 Å². The molecule has 0 aromatic heterocycles. The molecule has 3 N–H and O–H groups in total. The van der Waals surface area contributed by atoms with Crippen LogP contribution < -0.4 is 5.32 Å². The first-order chi connectivity index (χ1) is 7.04. The number of hydrogen-bond acceptors (Lipinski definition) is 3. The van der Waals surface area contributed by atoms with E-state index in [2.05, 4.69) is 5.32 Å². The number of aliphatic hydroxyl groups is 1. The smallest absolute Gasteiger partial charge is 0.253 e. The van der Waals surface area contributed by atoms with E-state index in [1.165, 1.54) is 18.2 Å². The van der Waals surface area contributed by atoms with Gasteiger partial charge >= 0.3 is 0 Å². The molecular weight excluding hydrogens is 218 g/mol. The van der Waals surface area contributed by atoms with Crippen LogP contribution in [0.15, 0.2) is 18.2 Å². The number of aromatic hydroxyl groups is 1. The molecule has 4 nitrogen and oxygen atoms in total. The second kappa shape index (κ2) is 5.00. The molecule has 0 aliphatic rings. The minimum Gasteiger partial charge on any atom is -0.508 e. The molecule has 0 spiro atoms. The van der Waals surface area contributed by atoms with E-state index < -0.39 is 5.91 Å². The zero-order chi connectivity index (χ0) is 11.4. The van der Waals surface area contributed by atoms with Crippen molar-refractivity contribution >= 4 is 17.5 Å². The third-order valence-corrected chi connectivity index (χ3v) is 2.18. The first-order valence-corrected chi connectivity index (χ1v) is 4.82. The summed E-state index contributed by atoms with van der Waals surface area (Å²) in [4.78, 5) is 11.6. The number of aliphatic hydroxyl groups excluding tert-OH is 1. The molecule has 1 amide bonds. The first kappa shape index (κ1) is 11.8. The Morgan fingerprint density at radius 3 is 2.87 bits per heavy atom. The Balaban J connectivity index is 2.86. The molecule has 0 bridgehead atoms. The number of amides is 1. The summed E-state index contributed by atoms with van der Waals surface area (Å²) >= 11 is 5.78. The average molecular weight is 230 g/mol. The van der Waals surface area contributed by atoms with Gasteiger partial charge in [0.2, 0.25) is 0 Å². The molecule has 1 aromatic rings. The van der Waals surface area contributed by atoms with Crippen molar-refractivity contribution in [3.8, 4) is 5.75 Å². The number of halogens is 1. The van der Waals surface area contributed by atoms with E-state index in [1.54, 1.807) is 6.92 Å². The van der Waals surface area contributed by atoms with Crippen molar-refractivity contribution in [3.05, 3.63) is 28.8 Å². The molecule has 1 rings (SSSR count). The van der Waals surface area contributed by atoms with E-state index in [0.717, 1.165) is 0 Å². The lowest BCUT2D eigenvalue weighted by atomic mass is 10.2. The fraction of sp³-hybridized carbons (Fsp3) is 0.300. The summed E-state index contributed by atoms with van der Waals surface area (Å²) in [6.45, 7) is 1.51. The van der Waals surface area contributed by atoms with Gasteiger partial charge in [-0.05, 0) is 25.1 Å². The van der Waals surface area contributed by atoms with Crippen LogP contribution in [0.3, 0.4) is 0 Å². The summed E-state index contributed by atoms with van der Waals surface area (Å²) < 4.78 is 0. The quantitative estimate of drug-likeness (QED) is 0.729. The average Bonchev–Trinajstić information content (AvgIpc) is 2.21. The number of nitrogens with one attached hydrogen (secondary N) is 1. The summed E-state index contributed by atoms with van der Waals surface area (Å²) in [5.41, 5.74) is 0.192. The molecule has 0 aliphatic heterocycles. The lowest BCUT2D eigenvalue weighted by Gasteiger charge is -2.11. The zero-order valence-corrected chi connectivity index (χ0v) is 8.95. The molecule has 0 saturated carbocycles. The van der Waals surface area contributed by atoms with Crippen molar-refractivity contribution in [1.29, 1.82) is 0 Å². The van der Waals surface area contributed by atoms with Crippen LogP contribution in [-0.4, -0.2) is 28.8 Å². The Kier molecular flexibility index (Phi) is 3.94. The van der Waals surface area contributed by atoms with Gasteiger partial charge in [0.05, 0.1) is 17.2 Å². The Morgan fingerprint density at radius 2 is 2.27 bits per heavy atom. The maximum Gasteiger partial charge on any atom is 0.253 e. The molecule has 82 valence electrons. The van der Waals surface area contributed by atoms with Gasteiger partial charge in [-0.3, -0.25) is 4.79 Å². The number of phenolic OH excluding ortho intramolecular Hbond substituents is 1. The van der Waals surface area contributed by atoms with Crippen LogP contribution in [0.1, 0.15) is 17.3 Å². The van der Waals surface area contributed by atoms with Crippen molar-refractivity contribution in [2.24, 2.45) is 0 Å². The van der Waals surface area contributed by atoms with Crippen LogP contribution in [0.5, 0.6) is 5.75 Å². The largest absolute Gasteiger partial charge is 0.508 e. The first-order valence-electron chi connectivity index (χ1n) is 4.45. The monoisotopic (exact) mass is 229 g/mol. The van der Waals surface area contributed by atoms with E-state index in [0.29, 0.717) is 0 Å².